The minimum absolute atomic E-state index is 0.0401. The zero-order valence-corrected chi connectivity index (χ0v) is 13.0. The summed E-state index contributed by atoms with van der Waals surface area (Å²) in [5.41, 5.74) is 2.85. The van der Waals surface area contributed by atoms with Gasteiger partial charge in [-0.1, -0.05) is 0 Å². The second-order valence-corrected chi connectivity index (χ2v) is 5.93. The lowest BCUT2D eigenvalue weighted by Gasteiger charge is -2.31. The molecule has 0 aromatic carbocycles. The lowest BCUT2D eigenvalue weighted by atomic mass is 9.99. The highest BCUT2D eigenvalue weighted by Gasteiger charge is 2.19. The molecular formula is C15H26N4O2. The van der Waals surface area contributed by atoms with E-state index in [0.29, 0.717) is 18.9 Å². The van der Waals surface area contributed by atoms with E-state index in [-0.39, 0.29) is 12.5 Å². The second kappa shape index (κ2) is 7.56. The van der Waals surface area contributed by atoms with Gasteiger partial charge in [-0.25, -0.2) is 0 Å². The fraction of sp³-hybridized carbons (Fsp3) is 0.733. The van der Waals surface area contributed by atoms with Crippen LogP contribution in [0.5, 0.6) is 0 Å². The van der Waals surface area contributed by atoms with Crippen molar-refractivity contribution < 1.29 is 9.90 Å². The first-order chi connectivity index (χ1) is 10.1. The number of likely N-dealkylation sites (tertiary alicyclic amines) is 1. The first-order valence-electron chi connectivity index (χ1n) is 7.70. The summed E-state index contributed by atoms with van der Waals surface area (Å²) in [5.74, 6) is 0.434. The zero-order chi connectivity index (χ0) is 15.2. The summed E-state index contributed by atoms with van der Waals surface area (Å²) in [6, 6.07) is 0. The number of aromatic nitrogens is 2. The summed E-state index contributed by atoms with van der Waals surface area (Å²) in [5, 5.41) is 19.2. The Bertz CT molecular complexity index is 453. The molecule has 2 rings (SSSR count). The molecule has 0 unspecified atom stereocenters. The third kappa shape index (κ3) is 4.54. The summed E-state index contributed by atoms with van der Waals surface area (Å²) in [6.45, 7) is 7.62. The molecule has 1 aliphatic rings. The fourth-order valence-corrected chi connectivity index (χ4v) is 2.91. The van der Waals surface area contributed by atoms with Gasteiger partial charge < -0.3 is 15.3 Å². The van der Waals surface area contributed by atoms with E-state index in [9.17, 15) is 9.90 Å². The monoisotopic (exact) mass is 294 g/mol. The molecule has 6 heteroatoms. The van der Waals surface area contributed by atoms with E-state index in [2.05, 4.69) is 20.4 Å². The molecule has 3 N–H and O–H groups in total. The summed E-state index contributed by atoms with van der Waals surface area (Å²) in [4.78, 5) is 14.3. The number of hydrogen-bond donors (Lipinski definition) is 3. The second-order valence-electron chi connectivity index (χ2n) is 5.93. The topological polar surface area (TPSA) is 81.2 Å². The number of carbonyl (C=O) groups excluding carboxylic acids is 1. The molecule has 21 heavy (non-hydrogen) atoms. The van der Waals surface area contributed by atoms with Gasteiger partial charge in [0.1, 0.15) is 0 Å². The van der Waals surface area contributed by atoms with Gasteiger partial charge in [-0.15, -0.1) is 0 Å². The van der Waals surface area contributed by atoms with Crippen LogP contribution in [0.4, 0.5) is 0 Å². The zero-order valence-electron chi connectivity index (χ0n) is 13.0. The number of aryl methyl sites for hydroxylation is 2. The van der Waals surface area contributed by atoms with Gasteiger partial charge in [0.2, 0.25) is 5.91 Å². The van der Waals surface area contributed by atoms with Gasteiger partial charge in [0, 0.05) is 37.5 Å². The Hall–Kier alpha value is -1.40. The molecule has 1 fully saturated rings. The lowest BCUT2D eigenvalue weighted by Crippen LogP contribution is -2.41. The van der Waals surface area contributed by atoms with Gasteiger partial charge in [-0.2, -0.15) is 5.10 Å². The van der Waals surface area contributed by atoms with E-state index in [4.69, 9.17) is 0 Å². The number of carbonyl (C=O) groups is 1. The number of nitrogens with one attached hydrogen (secondary N) is 2. The SMILES string of the molecule is Cc1n[nH]c(C)c1CC(=O)NCCN1CCC[C@@H](CO)C1. The molecule has 6 nitrogen and oxygen atoms in total. The van der Waals surface area contributed by atoms with E-state index in [0.717, 1.165) is 49.4 Å². The van der Waals surface area contributed by atoms with Crippen molar-refractivity contribution in [3.8, 4) is 0 Å². The molecular weight excluding hydrogens is 268 g/mol. The van der Waals surface area contributed by atoms with Gasteiger partial charge in [-0.3, -0.25) is 9.89 Å². The van der Waals surface area contributed by atoms with Crippen LogP contribution in [0.3, 0.4) is 0 Å². The van der Waals surface area contributed by atoms with Crippen molar-refractivity contribution in [3.63, 3.8) is 0 Å². The third-order valence-electron chi connectivity index (χ3n) is 4.23. The molecule has 1 aromatic rings. The molecule has 0 bridgehead atoms. The number of nitrogens with zero attached hydrogens (tertiary/aromatic N) is 2. The van der Waals surface area contributed by atoms with E-state index in [1.165, 1.54) is 0 Å². The van der Waals surface area contributed by atoms with Gasteiger partial charge in [0.15, 0.2) is 0 Å². The molecule has 0 saturated carbocycles. The van der Waals surface area contributed by atoms with Crippen LogP contribution in [0.1, 0.15) is 29.8 Å². The van der Waals surface area contributed by atoms with Crippen LogP contribution >= 0.6 is 0 Å². The van der Waals surface area contributed by atoms with Crippen molar-refractivity contribution in [1.82, 2.24) is 20.4 Å². The smallest absolute Gasteiger partial charge is 0.224 e. The maximum atomic E-state index is 12.0. The first-order valence-corrected chi connectivity index (χ1v) is 7.70. The molecule has 2 heterocycles. The minimum atomic E-state index is 0.0401. The lowest BCUT2D eigenvalue weighted by molar-refractivity contribution is -0.120. The highest BCUT2D eigenvalue weighted by molar-refractivity contribution is 5.79. The Morgan fingerprint density at radius 1 is 1.52 bits per heavy atom. The van der Waals surface area contributed by atoms with Crippen molar-refractivity contribution in [2.45, 2.75) is 33.1 Å². The number of H-pyrrole nitrogens is 1. The molecule has 1 amide bonds. The first kappa shape index (κ1) is 16.0. The quantitative estimate of drug-likeness (QED) is 0.709. The molecule has 1 atom stereocenters. The molecule has 1 aromatic heterocycles. The molecule has 0 radical (unpaired) electrons. The van der Waals surface area contributed by atoms with Crippen molar-refractivity contribution in [3.05, 3.63) is 17.0 Å². The van der Waals surface area contributed by atoms with E-state index >= 15 is 0 Å². The van der Waals surface area contributed by atoms with Crippen LogP contribution in [-0.2, 0) is 11.2 Å². The average Bonchev–Trinajstić information content (AvgIpc) is 2.79. The van der Waals surface area contributed by atoms with Crippen LogP contribution in [0.15, 0.2) is 0 Å². The fourth-order valence-electron chi connectivity index (χ4n) is 2.91. The normalized spacial score (nSPS) is 19.7. The van der Waals surface area contributed by atoms with Crippen LogP contribution in [-0.4, -0.2) is 58.9 Å². The molecule has 0 spiro atoms. The predicted molar refractivity (Wildman–Crippen MR) is 81.0 cm³/mol. The highest BCUT2D eigenvalue weighted by atomic mass is 16.3. The molecule has 0 aliphatic carbocycles. The molecule has 1 aliphatic heterocycles. The Kier molecular flexibility index (Phi) is 5.76. The number of aliphatic hydroxyl groups is 1. The standard InChI is InChI=1S/C15H26N4O2/c1-11-14(12(2)18-17-11)8-15(21)16-5-7-19-6-3-4-13(9-19)10-20/h13,20H,3-10H2,1-2H3,(H,16,21)(H,17,18)/t13-/m1/s1. The Morgan fingerprint density at radius 3 is 3.00 bits per heavy atom. The summed E-state index contributed by atoms with van der Waals surface area (Å²) >= 11 is 0. The van der Waals surface area contributed by atoms with Crippen molar-refractivity contribution in [2.75, 3.05) is 32.8 Å². The van der Waals surface area contributed by atoms with Crippen LogP contribution in [0.25, 0.3) is 0 Å². The maximum Gasteiger partial charge on any atom is 0.224 e. The Balaban J connectivity index is 1.70. The van der Waals surface area contributed by atoms with Gasteiger partial charge >= 0.3 is 0 Å². The number of piperidine rings is 1. The number of aliphatic hydroxyl groups excluding tert-OH is 1. The predicted octanol–water partition coefficient (Wildman–Crippen LogP) is 0.390. The van der Waals surface area contributed by atoms with E-state index < -0.39 is 0 Å². The summed E-state index contributed by atoms with van der Waals surface area (Å²) in [6.07, 6.45) is 2.62. The Morgan fingerprint density at radius 2 is 2.33 bits per heavy atom. The van der Waals surface area contributed by atoms with Crippen LogP contribution in [0, 0.1) is 19.8 Å². The number of hydrogen-bond acceptors (Lipinski definition) is 4. The van der Waals surface area contributed by atoms with Gasteiger partial charge in [-0.05, 0) is 39.2 Å². The number of aromatic amines is 1. The van der Waals surface area contributed by atoms with Crippen molar-refractivity contribution >= 4 is 5.91 Å². The summed E-state index contributed by atoms with van der Waals surface area (Å²) < 4.78 is 0. The highest BCUT2D eigenvalue weighted by Crippen LogP contribution is 2.15. The molecule has 118 valence electrons. The Labute approximate surface area is 125 Å². The van der Waals surface area contributed by atoms with Gasteiger partial charge in [0.05, 0.1) is 12.1 Å². The minimum Gasteiger partial charge on any atom is -0.396 e. The van der Waals surface area contributed by atoms with Gasteiger partial charge in [0.25, 0.3) is 0 Å². The van der Waals surface area contributed by atoms with Crippen LogP contribution in [0.2, 0.25) is 0 Å². The average molecular weight is 294 g/mol. The number of rotatable bonds is 6. The summed E-state index contributed by atoms with van der Waals surface area (Å²) in [7, 11) is 0. The van der Waals surface area contributed by atoms with E-state index in [1.807, 2.05) is 13.8 Å². The third-order valence-corrected chi connectivity index (χ3v) is 4.23. The molecule has 1 saturated heterocycles. The van der Waals surface area contributed by atoms with Crippen LogP contribution < -0.4 is 5.32 Å². The van der Waals surface area contributed by atoms with E-state index in [1.54, 1.807) is 0 Å². The maximum absolute atomic E-state index is 12.0. The van der Waals surface area contributed by atoms with Crippen molar-refractivity contribution in [2.24, 2.45) is 5.92 Å². The number of amides is 1. The largest absolute Gasteiger partial charge is 0.396 e. The van der Waals surface area contributed by atoms with Crippen molar-refractivity contribution in [1.29, 1.82) is 0 Å².